The molecular weight excluding hydrogens is 269 g/mol. The number of nitrogens with one attached hydrogen (secondary N) is 1. The van der Waals surface area contributed by atoms with Crippen LogP contribution >= 0.6 is 0 Å². The van der Waals surface area contributed by atoms with Gasteiger partial charge in [0.25, 0.3) is 0 Å². The summed E-state index contributed by atoms with van der Waals surface area (Å²) in [5.74, 6) is -0.308. The molecule has 0 saturated carbocycles. The van der Waals surface area contributed by atoms with E-state index in [4.69, 9.17) is 0 Å². The van der Waals surface area contributed by atoms with E-state index in [1.165, 1.54) is 18.3 Å². The van der Waals surface area contributed by atoms with Gasteiger partial charge in [-0.3, -0.25) is 9.78 Å². The van der Waals surface area contributed by atoms with Crippen molar-refractivity contribution in [2.75, 3.05) is 5.32 Å². The van der Waals surface area contributed by atoms with Crippen molar-refractivity contribution < 1.29 is 18.0 Å². The minimum Gasteiger partial charge on any atom is -0.324 e. The van der Waals surface area contributed by atoms with E-state index in [0.717, 1.165) is 12.1 Å². The van der Waals surface area contributed by atoms with Crippen molar-refractivity contribution in [1.29, 1.82) is 0 Å². The molecule has 0 aliphatic heterocycles. The Morgan fingerprint density at radius 1 is 1.15 bits per heavy atom. The summed E-state index contributed by atoms with van der Waals surface area (Å²) >= 11 is 0. The highest BCUT2D eigenvalue weighted by molar-refractivity contribution is 5.92. The van der Waals surface area contributed by atoms with Crippen LogP contribution in [0.2, 0.25) is 0 Å². The molecule has 0 aliphatic rings. The van der Waals surface area contributed by atoms with Gasteiger partial charge in [-0.25, -0.2) is 0 Å². The molecule has 1 heterocycles. The van der Waals surface area contributed by atoms with Gasteiger partial charge in [-0.1, -0.05) is 12.1 Å². The lowest BCUT2D eigenvalue weighted by Crippen LogP contribution is -2.14. The number of anilines is 1. The fourth-order valence-electron chi connectivity index (χ4n) is 1.64. The minimum absolute atomic E-state index is 0.00698. The lowest BCUT2D eigenvalue weighted by Gasteiger charge is -2.08. The number of benzene rings is 1. The molecule has 0 atom stereocenters. The Kier molecular flexibility index (Phi) is 4.02. The maximum atomic E-state index is 12.4. The summed E-state index contributed by atoms with van der Waals surface area (Å²) < 4.78 is 37.2. The monoisotopic (exact) mass is 280 g/mol. The Labute approximate surface area is 113 Å². The van der Waals surface area contributed by atoms with Gasteiger partial charge in [-0.05, 0) is 29.8 Å². The van der Waals surface area contributed by atoms with E-state index in [1.54, 1.807) is 18.3 Å². The van der Waals surface area contributed by atoms with Crippen LogP contribution in [0.25, 0.3) is 0 Å². The van der Waals surface area contributed by atoms with E-state index in [1.807, 2.05) is 0 Å². The van der Waals surface area contributed by atoms with Crippen LogP contribution in [-0.4, -0.2) is 10.9 Å². The van der Waals surface area contributed by atoms with Crippen LogP contribution in [0.5, 0.6) is 0 Å². The van der Waals surface area contributed by atoms with Gasteiger partial charge in [0.1, 0.15) is 0 Å². The van der Waals surface area contributed by atoms with Crippen LogP contribution in [0.1, 0.15) is 11.1 Å². The molecule has 104 valence electrons. The molecule has 1 aromatic heterocycles. The molecule has 3 nitrogen and oxygen atoms in total. The fraction of sp³-hybridized carbons (Fsp3) is 0.143. The molecule has 1 amide bonds. The molecule has 20 heavy (non-hydrogen) atoms. The van der Waals surface area contributed by atoms with Gasteiger partial charge in [-0.2, -0.15) is 13.2 Å². The standard InChI is InChI=1S/C14H11F3N2O/c15-14(16,17)11-5-3-10(4-6-11)8-13(20)19-12-2-1-7-18-9-12/h1-7,9H,8H2,(H,19,20). The molecule has 0 unspecified atom stereocenters. The summed E-state index contributed by atoms with van der Waals surface area (Å²) in [6.45, 7) is 0. The Morgan fingerprint density at radius 2 is 1.85 bits per heavy atom. The molecule has 1 N–H and O–H groups in total. The molecule has 0 aliphatic carbocycles. The average molecular weight is 280 g/mol. The van der Waals surface area contributed by atoms with Gasteiger partial charge in [0.2, 0.25) is 5.91 Å². The highest BCUT2D eigenvalue weighted by Crippen LogP contribution is 2.29. The highest BCUT2D eigenvalue weighted by Gasteiger charge is 2.29. The molecule has 2 aromatic rings. The smallest absolute Gasteiger partial charge is 0.324 e. The van der Waals surface area contributed by atoms with Crippen molar-refractivity contribution >= 4 is 11.6 Å². The number of carbonyl (C=O) groups is 1. The molecular formula is C14H11F3N2O. The molecule has 0 radical (unpaired) electrons. The Balaban J connectivity index is 1.98. The zero-order chi connectivity index (χ0) is 14.6. The number of amides is 1. The van der Waals surface area contributed by atoms with E-state index in [-0.39, 0.29) is 12.3 Å². The summed E-state index contributed by atoms with van der Waals surface area (Å²) in [5, 5.41) is 2.61. The third-order valence-corrected chi connectivity index (χ3v) is 2.59. The van der Waals surface area contributed by atoms with Crippen molar-refractivity contribution in [3.05, 3.63) is 59.9 Å². The number of rotatable bonds is 3. The zero-order valence-corrected chi connectivity index (χ0v) is 10.3. The quantitative estimate of drug-likeness (QED) is 0.937. The van der Waals surface area contributed by atoms with Crippen LogP contribution in [-0.2, 0) is 17.4 Å². The van der Waals surface area contributed by atoms with Crippen LogP contribution in [0.4, 0.5) is 18.9 Å². The predicted octanol–water partition coefficient (Wildman–Crippen LogP) is 3.28. The number of alkyl halides is 3. The highest BCUT2D eigenvalue weighted by atomic mass is 19.4. The average Bonchev–Trinajstić information content (AvgIpc) is 2.39. The van der Waals surface area contributed by atoms with E-state index in [9.17, 15) is 18.0 Å². The van der Waals surface area contributed by atoms with Crippen molar-refractivity contribution in [2.24, 2.45) is 0 Å². The number of nitrogens with zero attached hydrogens (tertiary/aromatic N) is 1. The third-order valence-electron chi connectivity index (χ3n) is 2.59. The van der Waals surface area contributed by atoms with E-state index >= 15 is 0 Å². The number of hydrogen-bond donors (Lipinski definition) is 1. The summed E-state index contributed by atoms with van der Waals surface area (Å²) in [4.78, 5) is 15.5. The van der Waals surface area contributed by atoms with Gasteiger partial charge in [0.15, 0.2) is 0 Å². The number of carbonyl (C=O) groups excluding carboxylic acids is 1. The van der Waals surface area contributed by atoms with Crippen molar-refractivity contribution in [2.45, 2.75) is 12.6 Å². The molecule has 0 bridgehead atoms. The van der Waals surface area contributed by atoms with Crippen molar-refractivity contribution in [3.8, 4) is 0 Å². The maximum Gasteiger partial charge on any atom is 0.416 e. The van der Waals surface area contributed by atoms with Crippen LogP contribution in [0.3, 0.4) is 0 Å². The normalized spacial score (nSPS) is 11.2. The lowest BCUT2D eigenvalue weighted by molar-refractivity contribution is -0.137. The largest absolute Gasteiger partial charge is 0.416 e. The molecule has 0 saturated heterocycles. The van der Waals surface area contributed by atoms with Crippen LogP contribution in [0.15, 0.2) is 48.8 Å². The first-order valence-electron chi connectivity index (χ1n) is 5.81. The lowest BCUT2D eigenvalue weighted by atomic mass is 10.1. The Hall–Kier alpha value is -2.37. The van der Waals surface area contributed by atoms with E-state index in [2.05, 4.69) is 10.3 Å². The first-order valence-corrected chi connectivity index (χ1v) is 5.81. The molecule has 0 spiro atoms. The zero-order valence-electron chi connectivity index (χ0n) is 10.3. The topological polar surface area (TPSA) is 42.0 Å². The summed E-state index contributed by atoms with van der Waals surface area (Å²) in [7, 11) is 0. The minimum atomic E-state index is -4.36. The molecule has 1 aromatic carbocycles. The fourth-order valence-corrected chi connectivity index (χ4v) is 1.64. The van der Waals surface area contributed by atoms with Gasteiger partial charge >= 0.3 is 6.18 Å². The molecule has 0 fully saturated rings. The SMILES string of the molecule is O=C(Cc1ccc(C(F)(F)F)cc1)Nc1cccnc1. The van der Waals surface area contributed by atoms with Crippen LogP contribution in [0, 0.1) is 0 Å². The second-order valence-electron chi connectivity index (χ2n) is 4.16. The van der Waals surface area contributed by atoms with E-state index < -0.39 is 11.7 Å². The van der Waals surface area contributed by atoms with Crippen molar-refractivity contribution in [3.63, 3.8) is 0 Å². The Bertz CT molecular complexity index is 580. The van der Waals surface area contributed by atoms with Crippen molar-refractivity contribution in [1.82, 2.24) is 4.98 Å². The molecule has 6 heteroatoms. The predicted molar refractivity (Wildman–Crippen MR) is 68.0 cm³/mol. The first-order chi connectivity index (χ1) is 9.45. The van der Waals surface area contributed by atoms with Gasteiger partial charge < -0.3 is 5.32 Å². The van der Waals surface area contributed by atoms with Gasteiger partial charge in [0.05, 0.1) is 23.9 Å². The number of aromatic nitrogens is 1. The summed E-state index contributed by atoms with van der Waals surface area (Å²) in [5.41, 5.74) is 0.331. The maximum absolute atomic E-state index is 12.4. The van der Waals surface area contributed by atoms with E-state index in [0.29, 0.717) is 11.3 Å². The first kappa shape index (κ1) is 14.0. The van der Waals surface area contributed by atoms with Gasteiger partial charge in [-0.15, -0.1) is 0 Å². The molecule has 2 rings (SSSR count). The third kappa shape index (κ3) is 3.81. The summed E-state index contributed by atoms with van der Waals surface area (Å²) in [6.07, 6.45) is -1.29. The number of halogens is 3. The summed E-state index contributed by atoms with van der Waals surface area (Å²) in [6, 6.07) is 7.88. The van der Waals surface area contributed by atoms with Gasteiger partial charge in [0, 0.05) is 6.20 Å². The number of hydrogen-bond acceptors (Lipinski definition) is 2. The second-order valence-corrected chi connectivity index (χ2v) is 4.16. The Morgan fingerprint density at radius 3 is 2.40 bits per heavy atom. The number of pyridine rings is 1. The second kappa shape index (κ2) is 5.73. The van der Waals surface area contributed by atoms with Crippen LogP contribution < -0.4 is 5.32 Å².